The zero-order valence-corrected chi connectivity index (χ0v) is 11.7. The number of carbonyl (C=O) groups excluding carboxylic acids is 1. The second kappa shape index (κ2) is 7.66. The molecule has 16 heavy (non-hydrogen) atoms. The molecular weight excluding hydrogens is 200 g/mol. The average molecular weight is 228 g/mol. The van der Waals surface area contributed by atoms with Gasteiger partial charge in [-0.05, 0) is 39.5 Å². The van der Waals surface area contributed by atoms with Crippen LogP contribution >= 0.6 is 0 Å². The third-order valence-electron chi connectivity index (χ3n) is 2.93. The highest BCUT2D eigenvalue weighted by Gasteiger charge is 2.17. The summed E-state index contributed by atoms with van der Waals surface area (Å²) in [7, 11) is 1.85. The Kier molecular flexibility index (Phi) is 7.39. The molecule has 0 bridgehead atoms. The Morgan fingerprint density at radius 2 is 1.75 bits per heavy atom. The van der Waals surface area contributed by atoms with Gasteiger partial charge in [0, 0.05) is 19.6 Å². The summed E-state index contributed by atoms with van der Waals surface area (Å²) in [5, 5.41) is 3.36. The highest BCUT2D eigenvalue weighted by molar-refractivity contribution is 5.81. The van der Waals surface area contributed by atoms with Gasteiger partial charge in [-0.25, -0.2) is 0 Å². The molecule has 1 N–H and O–H groups in total. The van der Waals surface area contributed by atoms with E-state index in [0.29, 0.717) is 6.04 Å². The maximum absolute atomic E-state index is 11.8. The van der Waals surface area contributed by atoms with Gasteiger partial charge >= 0.3 is 0 Å². The van der Waals surface area contributed by atoms with Gasteiger partial charge < -0.3 is 10.2 Å². The van der Waals surface area contributed by atoms with Gasteiger partial charge in [-0.2, -0.15) is 0 Å². The van der Waals surface area contributed by atoms with Crippen LogP contribution in [0.3, 0.4) is 0 Å². The molecule has 0 aromatic rings. The van der Waals surface area contributed by atoms with E-state index in [4.69, 9.17) is 0 Å². The average Bonchev–Trinajstić information content (AvgIpc) is 2.24. The number of nitrogens with one attached hydrogen (secondary N) is 1. The molecule has 3 heteroatoms. The SMILES string of the molecule is CCN(C)C(=O)C(C)NC(C)CCC(C)C. The van der Waals surface area contributed by atoms with Crippen LogP contribution in [0.25, 0.3) is 0 Å². The molecule has 2 atom stereocenters. The van der Waals surface area contributed by atoms with Gasteiger partial charge in [0.05, 0.1) is 6.04 Å². The first-order chi connectivity index (χ1) is 7.38. The second-order valence-electron chi connectivity index (χ2n) is 5.11. The molecule has 2 unspecified atom stereocenters. The number of rotatable bonds is 7. The van der Waals surface area contributed by atoms with Crippen molar-refractivity contribution in [3.05, 3.63) is 0 Å². The molecule has 0 aliphatic carbocycles. The minimum Gasteiger partial charge on any atom is -0.345 e. The van der Waals surface area contributed by atoms with E-state index in [-0.39, 0.29) is 11.9 Å². The van der Waals surface area contributed by atoms with Crippen LogP contribution in [0, 0.1) is 5.92 Å². The van der Waals surface area contributed by atoms with Crippen molar-refractivity contribution in [2.75, 3.05) is 13.6 Å². The third-order valence-corrected chi connectivity index (χ3v) is 2.93. The lowest BCUT2D eigenvalue weighted by Gasteiger charge is -2.24. The van der Waals surface area contributed by atoms with Crippen molar-refractivity contribution in [2.24, 2.45) is 5.92 Å². The largest absolute Gasteiger partial charge is 0.345 e. The first-order valence-electron chi connectivity index (χ1n) is 6.39. The molecule has 0 spiro atoms. The predicted octanol–water partition coefficient (Wildman–Crippen LogP) is 2.27. The van der Waals surface area contributed by atoms with E-state index >= 15 is 0 Å². The van der Waals surface area contributed by atoms with Crippen molar-refractivity contribution < 1.29 is 4.79 Å². The quantitative estimate of drug-likeness (QED) is 0.725. The van der Waals surface area contributed by atoms with E-state index in [1.54, 1.807) is 4.90 Å². The fraction of sp³-hybridized carbons (Fsp3) is 0.923. The van der Waals surface area contributed by atoms with Crippen molar-refractivity contribution >= 4 is 5.91 Å². The Hall–Kier alpha value is -0.570. The first-order valence-corrected chi connectivity index (χ1v) is 6.39. The van der Waals surface area contributed by atoms with Crippen molar-refractivity contribution in [3.8, 4) is 0 Å². The van der Waals surface area contributed by atoms with Crippen LogP contribution in [0.15, 0.2) is 0 Å². The predicted molar refractivity (Wildman–Crippen MR) is 69.4 cm³/mol. The third kappa shape index (κ3) is 6.11. The molecule has 0 rings (SSSR count). The molecule has 0 aliphatic rings. The summed E-state index contributed by atoms with van der Waals surface area (Å²) in [6, 6.07) is 0.332. The Morgan fingerprint density at radius 1 is 1.19 bits per heavy atom. The smallest absolute Gasteiger partial charge is 0.239 e. The topological polar surface area (TPSA) is 32.3 Å². The molecule has 0 fully saturated rings. The molecule has 0 heterocycles. The molecule has 96 valence electrons. The minimum absolute atomic E-state index is 0.0767. The fourth-order valence-corrected chi connectivity index (χ4v) is 1.65. The Balaban J connectivity index is 3.94. The van der Waals surface area contributed by atoms with Crippen LogP contribution in [0.1, 0.15) is 47.5 Å². The lowest BCUT2D eigenvalue weighted by atomic mass is 10.0. The molecule has 0 saturated heterocycles. The molecule has 1 amide bonds. The summed E-state index contributed by atoms with van der Waals surface area (Å²) < 4.78 is 0. The standard InChI is InChI=1S/C13H28N2O/c1-7-15(6)13(16)12(5)14-11(4)9-8-10(2)3/h10-12,14H,7-9H2,1-6H3. The van der Waals surface area contributed by atoms with E-state index in [1.807, 2.05) is 20.9 Å². The monoisotopic (exact) mass is 228 g/mol. The van der Waals surface area contributed by atoms with Gasteiger partial charge in [0.2, 0.25) is 5.91 Å². The van der Waals surface area contributed by atoms with Crippen LogP contribution in [0.4, 0.5) is 0 Å². The van der Waals surface area contributed by atoms with E-state index in [0.717, 1.165) is 18.9 Å². The van der Waals surface area contributed by atoms with Crippen LogP contribution < -0.4 is 5.32 Å². The zero-order valence-electron chi connectivity index (χ0n) is 11.7. The molecular formula is C13H28N2O. The fourth-order valence-electron chi connectivity index (χ4n) is 1.65. The van der Waals surface area contributed by atoms with E-state index in [1.165, 1.54) is 6.42 Å². The molecule has 0 aromatic carbocycles. The lowest BCUT2D eigenvalue weighted by molar-refractivity contribution is -0.131. The zero-order chi connectivity index (χ0) is 12.7. The number of carbonyl (C=O) groups is 1. The van der Waals surface area contributed by atoms with Gasteiger partial charge in [-0.3, -0.25) is 4.79 Å². The number of hydrogen-bond donors (Lipinski definition) is 1. The maximum Gasteiger partial charge on any atom is 0.239 e. The van der Waals surface area contributed by atoms with Crippen LogP contribution in [0.5, 0.6) is 0 Å². The molecule has 0 saturated carbocycles. The maximum atomic E-state index is 11.8. The van der Waals surface area contributed by atoms with Gasteiger partial charge in [0.25, 0.3) is 0 Å². The van der Waals surface area contributed by atoms with E-state index in [9.17, 15) is 4.79 Å². The summed E-state index contributed by atoms with van der Waals surface area (Å²) in [4.78, 5) is 13.6. The minimum atomic E-state index is -0.0767. The Bertz CT molecular complexity index is 204. The molecule has 0 aromatic heterocycles. The summed E-state index contributed by atoms with van der Waals surface area (Å²) in [5.41, 5.74) is 0. The number of amides is 1. The molecule has 0 radical (unpaired) electrons. The van der Waals surface area contributed by atoms with E-state index in [2.05, 4.69) is 26.1 Å². The Morgan fingerprint density at radius 3 is 2.19 bits per heavy atom. The number of nitrogens with zero attached hydrogens (tertiary/aromatic N) is 1. The Labute approximate surface area is 101 Å². The lowest BCUT2D eigenvalue weighted by Crippen LogP contribution is -2.46. The van der Waals surface area contributed by atoms with Crippen molar-refractivity contribution in [1.29, 1.82) is 0 Å². The summed E-state index contributed by atoms with van der Waals surface area (Å²) in [6.07, 6.45) is 2.34. The normalized spacial score (nSPS) is 14.9. The van der Waals surface area contributed by atoms with E-state index < -0.39 is 0 Å². The number of hydrogen-bond acceptors (Lipinski definition) is 2. The first kappa shape index (κ1) is 15.4. The second-order valence-corrected chi connectivity index (χ2v) is 5.11. The molecule has 3 nitrogen and oxygen atoms in total. The van der Waals surface area contributed by atoms with Crippen molar-refractivity contribution in [2.45, 2.75) is 59.5 Å². The van der Waals surface area contributed by atoms with Gasteiger partial charge in [0.1, 0.15) is 0 Å². The van der Waals surface area contributed by atoms with Crippen LogP contribution in [0.2, 0.25) is 0 Å². The van der Waals surface area contributed by atoms with Gasteiger partial charge in [-0.1, -0.05) is 13.8 Å². The van der Waals surface area contributed by atoms with Crippen molar-refractivity contribution in [3.63, 3.8) is 0 Å². The number of likely N-dealkylation sites (N-methyl/N-ethyl adjacent to an activating group) is 1. The van der Waals surface area contributed by atoms with Crippen LogP contribution in [-0.4, -0.2) is 36.5 Å². The van der Waals surface area contributed by atoms with Crippen molar-refractivity contribution in [1.82, 2.24) is 10.2 Å². The highest BCUT2D eigenvalue weighted by Crippen LogP contribution is 2.07. The van der Waals surface area contributed by atoms with Gasteiger partial charge in [-0.15, -0.1) is 0 Å². The van der Waals surface area contributed by atoms with Gasteiger partial charge in [0.15, 0.2) is 0 Å². The van der Waals surface area contributed by atoms with Crippen LogP contribution in [-0.2, 0) is 4.79 Å². The summed E-state index contributed by atoms with van der Waals surface area (Å²) >= 11 is 0. The summed E-state index contributed by atoms with van der Waals surface area (Å²) in [5.74, 6) is 0.910. The molecule has 0 aliphatic heterocycles. The summed E-state index contributed by atoms with van der Waals surface area (Å²) in [6.45, 7) is 11.3. The highest BCUT2D eigenvalue weighted by atomic mass is 16.2.